The molecule has 2 aliphatic rings. The lowest BCUT2D eigenvalue weighted by Gasteiger charge is -2.31. The maximum atomic E-state index is 5.76. The lowest BCUT2D eigenvalue weighted by Crippen LogP contribution is -2.22. The Bertz CT molecular complexity index is 208. The summed E-state index contributed by atoms with van der Waals surface area (Å²) in [5.41, 5.74) is 0. The molecule has 0 atom stereocenters. The SMILES string of the molecule is CCC[C@H]1CC[C@H](CC[C@H]2CC[C@H](OCC)CC2)CC1. The lowest BCUT2D eigenvalue weighted by molar-refractivity contribution is 0.0238. The summed E-state index contributed by atoms with van der Waals surface area (Å²) in [4.78, 5) is 0. The monoisotopic (exact) mass is 280 g/mol. The Balaban J connectivity index is 1.55. The van der Waals surface area contributed by atoms with Gasteiger partial charge in [-0.3, -0.25) is 0 Å². The van der Waals surface area contributed by atoms with E-state index in [2.05, 4.69) is 13.8 Å². The first-order valence-electron chi connectivity index (χ1n) is 9.43. The second-order valence-corrected chi connectivity index (χ2v) is 7.35. The smallest absolute Gasteiger partial charge is 0.0575 e. The van der Waals surface area contributed by atoms with Gasteiger partial charge in [-0.05, 0) is 50.4 Å². The maximum absolute atomic E-state index is 5.76. The van der Waals surface area contributed by atoms with Crippen molar-refractivity contribution in [3.8, 4) is 0 Å². The molecule has 0 unspecified atom stereocenters. The number of hydrogen-bond acceptors (Lipinski definition) is 1. The fourth-order valence-electron chi connectivity index (χ4n) is 4.51. The first-order valence-corrected chi connectivity index (χ1v) is 9.43. The van der Waals surface area contributed by atoms with Crippen LogP contribution < -0.4 is 0 Å². The summed E-state index contributed by atoms with van der Waals surface area (Å²) < 4.78 is 5.76. The Labute approximate surface area is 126 Å². The molecular weight excluding hydrogens is 244 g/mol. The topological polar surface area (TPSA) is 9.23 Å². The van der Waals surface area contributed by atoms with Gasteiger partial charge in [-0.25, -0.2) is 0 Å². The van der Waals surface area contributed by atoms with Crippen LogP contribution in [-0.2, 0) is 4.74 Å². The predicted octanol–water partition coefficient (Wildman–Crippen LogP) is 5.97. The van der Waals surface area contributed by atoms with Crippen molar-refractivity contribution in [2.24, 2.45) is 17.8 Å². The van der Waals surface area contributed by atoms with E-state index in [9.17, 15) is 0 Å². The molecule has 1 nitrogen and oxygen atoms in total. The van der Waals surface area contributed by atoms with Crippen molar-refractivity contribution in [3.63, 3.8) is 0 Å². The molecule has 0 aliphatic heterocycles. The maximum Gasteiger partial charge on any atom is 0.0575 e. The van der Waals surface area contributed by atoms with Crippen molar-refractivity contribution in [1.29, 1.82) is 0 Å². The van der Waals surface area contributed by atoms with Gasteiger partial charge in [-0.1, -0.05) is 58.3 Å². The summed E-state index contributed by atoms with van der Waals surface area (Å²) in [7, 11) is 0. The third-order valence-electron chi connectivity index (χ3n) is 5.84. The Morgan fingerprint density at radius 1 is 0.650 bits per heavy atom. The Hall–Kier alpha value is -0.0400. The average molecular weight is 280 g/mol. The van der Waals surface area contributed by atoms with E-state index in [1.54, 1.807) is 0 Å². The van der Waals surface area contributed by atoms with E-state index in [4.69, 9.17) is 4.74 Å². The molecule has 20 heavy (non-hydrogen) atoms. The molecule has 0 aromatic heterocycles. The van der Waals surface area contributed by atoms with Crippen LogP contribution in [0.1, 0.15) is 90.9 Å². The second kappa shape index (κ2) is 9.07. The van der Waals surface area contributed by atoms with Gasteiger partial charge >= 0.3 is 0 Å². The van der Waals surface area contributed by atoms with Crippen molar-refractivity contribution < 1.29 is 4.74 Å². The summed E-state index contributed by atoms with van der Waals surface area (Å²) in [5, 5.41) is 0. The first-order chi connectivity index (χ1) is 9.81. The van der Waals surface area contributed by atoms with Crippen LogP contribution in [0.2, 0.25) is 0 Å². The minimum Gasteiger partial charge on any atom is -0.379 e. The number of ether oxygens (including phenoxy) is 1. The highest BCUT2D eigenvalue weighted by molar-refractivity contribution is 4.76. The van der Waals surface area contributed by atoms with Crippen LogP contribution in [0.15, 0.2) is 0 Å². The number of hydrogen-bond donors (Lipinski definition) is 0. The molecule has 0 aromatic rings. The van der Waals surface area contributed by atoms with Gasteiger partial charge in [0.25, 0.3) is 0 Å². The van der Waals surface area contributed by atoms with Gasteiger partial charge in [0, 0.05) is 6.61 Å². The highest BCUT2D eigenvalue weighted by Crippen LogP contribution is 2.36. The van der Waals surface area contributed by atoms with Crippen molar-refractivity contribution in [2.45, 2.75) is 97.0 Å². The van der Waals surface area contributed by atoms with Gasteiger partial charge < -0.3 is 4.74 Å². The fraction of sp³-hybridized carbons (Fsp3) is 1.00. The summed E-state index contributed by atoms with van der Waals surface area (Å²) in [6.45, 7) is 5.36. The van der Waals surface area contributed by atoms with Crippen LogP contribution >= 0.6 is 0 Å². The quantitative estimate of drug-likeness (QED) is 0.558. The molecule has 0 amide bonds. The van der Waals surface area contributed by atoms with Crippen LogP contribution in [-0.4, -0.2) is 12.7 Å². The van der Waals surface area contributed by atoms with E-state index in [0.29, 0.717) is 6.10 Å². The molecule has 0 bridgehead atoms. The summed E-state index contributed by atoms with van der Waals surface area (Å²) >= 11 is 0. The minimum atomic E-state index is 0.584. The van der Waals surface area contributed by atoms with Crippen molar-refractivity contribution in [1.82, 2.24) is 0 Å². The van der Waals surface area contributed by atoms with Crippen molar-refractivity contribution in [2.75, 3.05) is 6.61 Å². The zero-order chi connectivity index (χ0) is 14.2. The van der Waals surface area contributed by atoms with E-state index >= 15 is 0 Å². The average Bonchev–Trinajstić information content (AvgIpc) is 2.49. The van der Waals surface area contributed by atoms with Crippen LogP contribution in [0, 0.1) is 17.8 Å². The molecule has 2 rings (SSSR count). The molecule has 2 saturated carbocycles. The molecule has 0 aromatic carbocycles. The Morgan fingerprint density at radius 3 is 1.55 bits per heavy atom. The largest absolute Gasteiger partial charge is 0.379 e. The first kappa shape index (κ1) is 16.3. The number of rotatable bonds is 7. The zero-order valence-electron chi connectivity index (χ0n) is 13.9. The minimum absolute atomic E-state index is 0.584. The van der Waals surface area contributed by atoms with Gasteiger partial charge in [0.15, 0.2) is 0 Å². The van der Waals surface area contributed by atoms with Crippen LogP contribution in [0.5, 0.6) is 0 Å². The van der Waals surface area contributed by atoms with E-state index < -0.39 is 0 Å². The summed E-state index contributed by atoms with van der Waals surface area (Å²) in [6.07, 6.45) is 18.1. The summed E-state index contributed by atoms with van der Waals surface area (Å²) in [6, 6.07) is 0. The fourth-order valence-corrected chi connectivity index (χ4v) is 4.51. The van der Waals surface area contributed by atoms with E-state index in [1.165, 1.54) is 77.0 Å². The van der Waals surface area contributed by atoms with E-state index in [-0.39, 0.29) is 0 Å². The molecule has 0 N–H and O–H groups in total. The van der Waals surface area contributed by atoms with Gasteiger partial charge in [0.2, 0.25) is 0 Å². The molecule has 2 fully saturated rings. The lowest BCUT2D eigenvalue weighted by atomic mass is 9.76. The highest BCUT2D eigenvalue weighted by Gasteiger charge is 2.24. The third-order valence-corrected chi connectivity index (χ3v) is 5.84. The Morgan fingerprint density at radius 2 is 1.10 bits per heavy atom. The molecular formula is C19H36O. The van der Waals surface area contributed by atoms with E-state index in [0.717, 1.165) is 24.4 Å². The molecule has 2 aliphatic carbocycles. The third kappa shape index (κ3) is 5.39. The highest BCUT2D eigenvalue weighted by atomic mass is 16.5. The predicted molar refractivity (Wildman–Crippen MR) is 87.0 cm³/mol. The van der Waals surface area contributed by atoms with Gasteiger partial charge in [0.1, 0.15) is 0 Å². The molecule has 1 heteroatoms. The second-order valence-electron chi connectivity index (χ2n) is 7.35. The molecule has 0 heterocycles. The molecule has 0 saturated heterocycles. The standard InChI is InChI=1S/C19H36O/c1-3-5-16-6-8-17(9-7-16)10-11-18-12-14-19(15-13-18)20-4-2/h16-19H,3-15H2,1-2H3/t16-,17-,18-,19-. The summed E-state index contributed by atoms with van der Waals surface area (Å²) in [5.74, 6) is 3.14. The van der Waals surface area contributed by atoms with Crippen molar-refractivity contribution >= 4 is 0 Å². The van der Waals surface area contributed by atoms with Crippen LogP contribution in [0.4, 0.5) is 0 Å². The molecule has 0 radical (unpaired) electrons. The van der Waals surface area contributed by atoms with Gasteiger partial charge in [0.05, 0.1) is 6.10 Å². The Kier molecular flexibility index (Phi) is 7.41. The van der Waals surface area contributed by atoms with Gasteiger partial charge in [-0.2, -0.15) is 0 Å². The van der Waals surface area contributed by atoms with Gasteiger partial charge in [-0.15, -0.1) is 0 Å². The zero-order valence-corrected chi connectivity index (χ0v) is 13.9. The van der Waals surface area contributed by atoms with E-state index in [1.807, 2.05) is 0 Å². The molecule has 118 valence electrons. The normalized spacial score (nSPS) is 35.1. The van der Waals surface area contributed by atoms with Crippen LogP contribution in [0.3, 0.4) is 0 Å². The van der Waals surface area contributed by atoms with Crippen LogP contribution in [0.25, 0.3) is 0 Å². The molecule has 0 spiro atoms. The van der Waals surface area contributed by atoms with Crippen molar-refractivity contribution in [3.05, 3.63) is 0 Å².